The Hall–Kier alpha value is -3.17. The van der Waals surface area contributed by atoms with Gasteiger partial charge in [0.05, 0.1) is 10.4 Å². The summed E-state index contributed by atoms with van der Waals surface area (Å²) >= 11 is 0. The zero-order valence-electron chi connectivity index (χ0n) is 11.9. The highest BCUT2D eigenvalue weighted by molar-refractivity contribution is 5.96. The predicted molar refractivity (Wildman–Crippen MR) is 82.0 cm³/mol. The molecule has 0 unspecified atom stereocenters. The monoisotopic (exact) mass is 316 g/mol. The third-order valence-electron chi connectivity index (χ3n) is 4.07. The molecule has 3 heterocycles. The number of aromatic amines is 2. The van der Waals surface area contributed by atoms with Crippen LogP contribution in [0.5, 0.6) is 0 Å². The van der Waals surface area contributed by atoms with E-state index in [9.17, 15) is 19.7 Å². The van der Waals surface area contributed by atoms with Gasteiger partial charge in [0.15, 0.2) is 5.65 Å². The van der Waals surface area contributed by atoms with E-state index in [-0.39, 0.29) is 16.9 Å². The summed E-state index contributed by atoms with van der Waals surface area (Å²) in [4.78, 5) is 42.6. The Morgan fingerprint density at radius 3 is 2.65 bits per heavy atom. The summed E-state index contributed by atoms with van der Waals surface area (Å²) in [5.41, 5.74) is -0.420. The second kappa shape index (κ2) is 4.66. The molecule has 0 bridgehead atoms. The zero-order valence-corrected chi connectivity index (χ0v) is 11.9. The summed E-state index contributed by atoms with van der Waals surface area (Å²) in [5, 5.41) is 14.2. The molecule has 10 heteroatoms. The van der Waals surface area contributed by atoms with Gasteiger partial charge in [0.2, 0.25) is 0 Å². The number of nitrogens with one attached hydrogen (secondary N) is 2. The molecular formula is C13H12N6O4. The molecule has 2 aromatic heterocycles. The molecule has 0 spiro atoms. The Bertz CT molecular complexity index is 1060. The molecule has 23 heavy (non-hydrogen) atoms. The molecule has 4 rings (SSSR count). The average Bonchev–Trinajstić information content (AvgIpc) is 3.15. The van der Waals surface area contributed by atoms with Crippen molar-refractivity contribution in [1.82, 2.24) is 19.6 Å². The van der Waals surface area contributed by atoms with Gasteiger partial charge in [-0.3, -0.25) is 10.1 Å². The third kappa shape index (κ3) is 1.99. The van der Waals surface area contributed by atoms with Gasteiger partial charge in [-0.1, -0.05) is 0 Å². The SMILES string of the molecule is O=c1nc2c3cc(N4CCCC4)c([N+](=O)[O-])cc3[nH]c(=O)n2[nH]1. The van der Waals surface area contributed by atoms with Gasteiger partial charge in [-0.15, -0.1) is 0 Å². The lowest BCUT2D eigenvalue weighted by Gasteiger charge is -2.18. The number of hydrogen-bond donors (Lipinski definition) is 2. The summed E-state index contributed by atoms with van der Waals surface area (Å²) in [7, 11) is 0. The van der Waals surface area contributed by atoms with Gasteiger partial charge in [0.25, 0.3) is 5.69 Å². The topological polar surface area (TPSA) is 129 Å². The maximum Gasteiger partial charge on any atom is 0.362 e. The normalized spacial score (nSPS) is 14.9. The van der Waals surface area contributed by atoms with Crippen LogP contribution in [0.2, 0.25) is 0 Å². The van der Waals surface area contributed by atoms with E-state index in [0.29, 0.717) is 11.1 Å². The maximum absolute atomic E-state index is 11.9. The molecule has 10 nitrogen and oxygen atoms in total. The van der Waals surface area contributed by atoms with Crippen molar-refractivity contribution in [3.8, 4) is 0 Å². The molecule has 0 saturated carbocycles. The molecule has 0 amide bonds. The minimum Gasteiger partial charge on any atom is -0.366 e. The van der Waals surface area contributed by atoms with Crippen LogP contribution < -0.4 is 16.3 Å². The fraction of sp³-hybridized carbons (Fsp3) is 0.308. The van der Waals surface area contributed by atoms with Crippen LogP contribution in [0.1, 0.15) is 12.8 Å². The van der Waals surface area contributed by atoms with Crippen LogP contribution in [0, 0.1) is 10.1 Å². The first-order chi connectivity index (χ1) is 11.0. The third-order valence-corrected chi connectivity index (χ3v) is 4.07. The largest absolute Gasteiger partial charge is 0.366 e. The van der Waals surface area contributed by atoms with Gasteiger partial charge in [-0.05, 0) is 18.9 Å². The van der Waals surface area contributed by atoms with Crippen molar-refractivity contribution in [2.45, 2.75) is 12.8 Å². The highest BCUT2D eigenvalue weighted by atomic mass is 16.6. The van der Waals surface area contributed by atoms with Crippen molar-refractivity contribution in [3.63, 3.8) is 0 Å². The van der Waals surface area contributed by atoms with Gasteiger partial charge in [-0.2, -0.15) is 9.50 Å². The molecular weight excluding hydrogens is 304 g/mol. The molecule has 118 valence electrons. The molecule has 3 aromatic rings. The van der Waals surface area contributed by atoms with Crippen molar-refractivity contribution in [2.75, 3.05) is 18.0 Å². The Kier molecular flexibility index (Phi) is 2.73. The number of nitro benzene ring substituents is 1. The molecule has 0 atom stereocenters. The first kappa shape index (κ1) is 13.5. The van der Waals surface area contributed by atoms with E-state index < -0.39 is 16.3 Å². The molecule has 2 N–H and O–H groups in total. The summed E-state index contributed by atoms with van der Waals surface area (Å²) < 4.78 is 1.00. The van der Waals surface area contributed by atoms with Crippen LogP contribution >= 0.6 is 0 Å². The lowest BCUT2D eigenvalue weighted by atomic mass is 10.1. The molecule has 0 radical (unpaired) electrons. The van der Waals surface area contributed by atoms with Crippen LogP contribution in [0.3, 0.4) is 0 Å². The summed E-state index contributed by atoms with van der Waals surface area (Å²) in [6.07, 6.45) is 1.94. The first-order valence-electron chi connectivity index (χ1n) is 7.13. The second-order valence-electron chi connectivity index (χ2n) is 5.46. The number of benzene rings is 1. The number of hydrogen-bond acceptors (Lipinski definition) is 6. The fourth-order valence-corrected chi connectivity index (χ4v) is 3.04. The van der Waals surface area contributed by atoms with E-state index in [0.717, 1.165) is 30.4 Å². The molecule has 0 aliphatic carbocycles. The number of aromatic nitrogens is 4. The molecule has 1 aliphatic rings. The number of fused-ring (bicyclic) bond motifs is 3. The molecule has 1 aromatic carbocycles. The van der Waals surface area contributed by atoms with E-state index in [1.807, 2.05) is 4.90 Å². The first-order valence-corrected chi connectivity index (χ1v) is 7.13. The van der Waals surface area contributed by atoms with Gasteiger partial charge < -0.3 is 9.88 Å². The number of H-pyrrole nitrogens is 2. The number of nitro groups is 1. The number of nitrogens with zero attached hydrogens (tertiary/aromatic N) is 4. The quantitative estimate of drug-likeness (QED) is 0.519. The zero-order chi connectivity index (χ0) is 16.1. The lowest BCUT2D eigenvalue weighted by molar-refractivity contribution is -0.384. The van der Waals surface area contributed by atoms with Crippen LogP contribution in [0.4, 0.5) is 11.4 Å². The van der Waals surface area contributed by atoms with Gasteiger partial charge >= 0.3 is 11.4 Å². The van der Waals surface area contributed by atoms with Crippen molar-refractivity contribution < 1.29 is 4.92 Å². The van der Waals surface area contributed by atoms with Crippen molar-refractivity contribution in [1.29, 1.82) is 0 Å². The van der Waals surface area contributed by atoms with Crippen molar-refractivity contribution >= 4 is 27.9 Å². The van der Waals surface area contributed by atoms with Crippen LogP contribution in [-0.2, 0) is 0 Å². The summed E-state index contributed by atoms with van der Waals surface area (Å²) in [5.74, 6) is 0. The lowest BCUT2D eigenvalue weighted by Crippen LogP contribution is -2.21. The van der Waals surface area contributed by atoms with Gasteiger partial charge in [-0.25, -0.2) is 14.7 Å². The second-order valence-corrected chi connectivity index (χ2v) is 5.46. The molecule has 1 fully saturated rings. The predicted octanol–water partition coefficient (Wildman–Crippen LogP) is 0.372. The Balaban J connectivity index is 2.11. The van der Waals surface area contributed by atoms with Crippen molar-refractivity contribution in [3.05, 3.63) is 43.2 Å². The van der Waals surface area contributed by atoms with E-state index in [1.54, 1.807) is 6.07 Å². The Labute approximate surface area is 127 Å². The summed E-state index contributed by atoms with van der Waals surface area (Å²) in [6.45, 7) is 1.47. The van der Waals surface area contributed by atoms with Crippen LogP contribution in [0.25, 0.3) is 16.6 Å². The Morgan fingerprint density at radius 2 is 1.96 bits per heavy atom. The summed E-state index contributed by atoms with van der Waals surface area (Å²) in [6, 6.07) is 2.94. The van der Waals surface area contributed by atoms with E-state index in [2.05, 4.69) is 15.1 Å². The maximum atomic E-state index is 11.9. The smallest absolute Gasteiger partial charge is 0.362 e. The molecule has 1 saturated heterocycles. The van der Waals surface area contributed by atoms with Crippen LogP contribution in [-0.4, -0.2) is 37.6 Å². The number of rotatable bonds is 2. The van der Waals surface area contributed by atoms with E-state index in [1.165, 1.54) is 6.07 Å². The molecule has 1 aliphatic heterocycles. The Morgan fingerprint density at radius 1 is 1.22 bits per heavy atom. The van der Waals surface area contributed by atoms with E-state index >= 15 is 0 Å². The van der Waals surface area contributed by atoms with Gasteiger partial charge in [0.1, 0.15) is 5.69 Å². The van der Waals surface area contributed by atoms with Crippen LogP contribution in [0.15, 0.2) is 21.7 Å². The minimum atomic E-state index is -0.649. The highest BCUT2D eigenvalue weighted by Gasteiger charge is 2.24. The average molecular weight is 316 g/mol. The van der Waals surface area contributed by atoms with Gasteiger partial charge in [0, 0.05) is 24.5 Å². The minimum absolute atomic E-state index is 0.0720. The fourth-order valence-electron chi connectivity index (χ4n) is 3.04. The number of anilines is 1. The van der Waals surface area contributed by atoms with E-state index in [4.69, 9.17) is 0 Å². The highest BCUT2D eigenvalue weighted by Crippen LogP contribution is 2.34. The standard InChI is InChI=1S/C13H12N6O4/c20-12-15-11-7-5-9(17-3-1-2-4-17)10(19(22)23)6-8(7)14-13(21)18(11)16-12/h5-6H,1-4H2,(H,14,21)(H,16,20). The van der Waals surface area contributed by atoms with Crippen molar-refractivity contribution in [2.24, 2.45) is 0 Å².